The summed E-state index contributed by atoms with van der Waals surface area (Å²) in [7, 11) is 0. The van der Waals surface area contributed by atoms with Crippen molar-refractivity contribution in [2.75, 3.05) is 26.4 Å². The summed E-state index contributed by atoms with van der Waals surface area (Å²) in [6, 6.07) is 7.63. The summed E-state index contributed by atoms with van der Waals surface area (Å²) in [4.78, 5) is 22.9. The Morgan fingerprint density at radius 3 is 1.46 bits per heavy atom. The second-order valence-corrected chi connectivity index (χ2v) is 9.15. The number of rotatable bonds is 13. The van der Waals surface area contributed by atoms with Crippen LogP contribution in [-0.4, -0.2) is 48.6 Å². The topological polar surface area (TPSA) is 102 Å². The summed E-state index contributed by atoms with van der Waals surface area (Å²) in [5.41, 5.74) is 5.47. The van der Waals surface area contributed by atoms with Crippen LogP contribution < -0.4 is 0 Å². The fourth-order valence-corrected chi connectivity index (χ4v) is 3.71. The van der Waals surface area contributed by atoms with Crippen LogP contribution in [0, 0.1) is 27.7 Å². The minimum absolute atomic E-state index is 0.146. The van der Waals surface area contributed by atoms with Gasteiger partial charge in [-0.05, 0) is 87.3 Å². The molecule has 0 heterocycles. The monoisotopic (exact) mass is 516 g/mol. The van der Waals surface area contributed by atoms with Gasteiger partial charge in [-0.25, -0.2) is 0 Å². The molecule has 0 saturated heterocycles. The Morgan fingerprint density at radius 1 is 0.676 bits per heavy atom. The normalized spacial score (nSPS) is 10.4. The molecule has 0 radical (unpaired) electrons. The molecule has 206 valence electrons. The number of unbranched alkanes of at least 4 members (excludes halogenated alkanes) is 1. The number of carbonyl (C=O) groups excluding carboxylic acids is 2. The Bertz CT molecular complexity index is 951. The maximum Gasteiger partial charge on any atom is 0.306 e. The van der Waals surface area contributed by atoms with Gasteiger partial charge in [0.15, 0.2) is 0 Å². The second-order valence-electron chi connectivity index (χ2n) is 9.15. The molecule has 7 nitrogen and oxygen atoms in total. The Morgan fingerprint density at radius 2 is 1.08 bits per heavy atom. The molecule has 2 rings (SSSR count). The van der Waals surface area contributed by atoms with Crippen molar-refractivity contribution >= 4 is 11.9 Å². The van der Waals surface area contributed by atoms with Crippen molar-refractivity contribution in [3.63, 3.8) is 0 Å². The highest BCUT2D eigenvalue weighted by molar-refractivity contribution is 5.70. The first-order chi connectivity index (χ1) is 17.6. The van der Waals surface area contributed by atoms with Crippen LogP contribution in [0.3, 0.4) is 0 Å². The van der Waals surface area contributed by atoms with Crippen LogP contribution in [0.1, 0.15) is 72.9 Å². The molecule has 2 aromatic carbocycles. The maximum atomic E-state index is 11.5. The fourth-order valence-electron chi connectivity index (χ4n) is 3.71. The van der Waals surface area contributed by atoms with Crippen LogP contribution in [0.5, 0.6) is 11.5 Å². The zero-order valence-electron chi connectivity index (χ0n) is 23.3. The SMILES string of the molecule is CCCCOC(=O)CCc1cc(C)c(O)c(C)c1.CCOCCOC(=O)CCc1cc(C)c(O)c(C)c1. The zero-order chi connectivity index (χ0) is 27.8. The average Bonchev–Trinajstić information content (AvgIpc) is 2.86. The first-order valence-electron chi connectivity index (χ1n) is 13.1. The first kappa shape index (κ1) is 32.0. The second kappa shape index (κ2) is 17.4. The molecule has 0 fully saturated rings. The average molecular weight is 517 g/mol. The van der Waals surface area contributed by atoms with E-state index in [4.69, 9.17) is 14.2 Å². The maximum absolute atomic E-state index is 11.5. The molecular formula is C30H44O7. The molecule has 0 aliphatic carbocycles. The summed E-state index contributed by atoms with van der Waals surface area (Å²) in [5.74, 6) is 0.294. The van der Waals surface area contributed by atoms with Gasteiger partial charge >= 0.3 is 11.9 Å². The molecule has 0 aromatic heterocycles. The third-order valence-corrected chi connectivity index (χ3v) is 5.79. The smallest absolute Gasteiger partial charge is 0.306 e. The number of aromatic hydroxyl groups is 2. The zero-order valence-corrected chi connectivity index (χ0v) is 23.3. The summed E-state index contributed by atoms with van der Waals surface area (Å²) in [6.45, 7) is 13.3. The van der Waals surface area contributed by atoms with Gasteiger partial charge < -0.3 is 24.4 Å². The van der Waals surface area contributed by atoms with E-state index in [1.54, 1.807) is 0 Å². The van der Waals surface area contributed by atoms with Crippen molar-refractivity contribution in [2.24, 2.45) is 0 Å². The van der Waals surface area contributed by atoms with E-state index in [9.17, 15) is 19.8 Å². The number of ether oxygens (including phenoxy) is 3. The lowest BCUT2D eigenvalue weighted by molar-refractivity contribution is -0.145. The van der Waals surface area contributed by atoms with Crippen molar-refractivity contribution in [1.29, 1.82) is 0 Å². The van der Waals surface area contributed by atoms with Crippen molar-refractivity contribution in [3.8, 4) is 11.5 Å². The predicted molar refractivity (Wildman–Crippen MR) is 145 cm³/mol. The van der Waals surface area contributed by atoms with Crippen molar-refractivity contribution in [1.82, 2.24) is 0 Å². The Kier molecular flexibility index (Phi) is 15.0. The summed E-state index contributed by atoms with van der Waals surface area (Å²) in [5, 5.41) is 19.3. The molecule has 0 spiro atoms. The molecule has 0 aliphatic rings. The van der Waals surface area contributed by atoms with Gasteiger partial charge in [0.2, 0.25) is 0 Å². The number of phenolic OH excluding ortho intramolecular Hbond substituents is 2. The highest BCUT2D eigenvalue weighted by Crippen LogP contribution is 2.24. The molecule has 0 bridgehead atoms. The van der Waals surface area contributed by atoms with Crippen molar-refractivity contribution in [2.45, 2.75) is 80.1 Å². The number of hydrogen-bond donors (Lipinski definition) is 2. The van der Waals surface area contributed by atoms with Gasteiger partial charge in [-0.15, -0.1) is 0 Å². The van der Waals surface area contributed by atoms with Crippen molar-refractivity contribution < 1.29 is 34.0 Å². The Balaban J connectivity index is 0.000000371. The summed E-state index contributed by atoms with van der Waals surface area (Å²) < 4.78 is 15.2. The summed E-state index contributed by atoms with van der Waals surface area (Å²) in [6.07, 6.45) is 3.97. The van der Waals surface area contributed by atoms with Crippen LogP contribution in [0.2, 0.25) is 0 Å². The van der Waals surface area contributed by atoms with E-state index in [2.05, 4.69) is 6.92 Å². The van der Waals surface area contributed by atoms with E-state index in [-0.39, 0.29) is 11.9 Å². The molecule has 7 heteroatoms. The Hall–Kier alpha value is -3.06. The van der Waals surface area contributed by atoms with Gasteiger partial charge in [-0.1, -0.05) is 37.6 Å². The van der Waals surface area contributed by atoms with Crippen LogP contribution in [-0.2, 0) is 36.6 Å². The van der Waals surface area contributed by atoms with Crippen LogP contribution in [0.25, 0.3) is 0 Å². The van der Waals surface area contributed by atoms with Gasteiger partial charge in [0.05, 0.1) is 13.2 Å². The van der Waals surface area contributed by atoms with Gasteiger partial charge in [-0.2, -0.15) is 0 Å². The van der Waals surface area contributed by atoms with E-state index >= 15 is 0 Å². The number of hydrogen-bond acceptors (Lipinski definition) is 7. The van der Waals surface area contributed by atoms with Crippen molar-refractivity contribution in [3.05, 3.63) is 57.6 Å². The Labute approximate surface area is 221 Å². The van der Waals surface area contributed by atoms with E-state index in [1.807, 2.05) is 58.9 Å². The van der Waals surface area contributed by atoms with E-state index in [1.165, 1.54) is 0 Å². The fraction of sp³-hybridized carbons (Fsp3) is 0.533. The van der Waals surface area contributed by atoms with E-state index in [0.717, 1.165) is 46.2 Å². The van der Waals surface area contributed by atoms with Gasteiger partial charge in [0.1, 0.15) is 18.1 Å². The lowest BCUT2D eigenvalue weighted by Gasteiger charge is -2.08. The molecule has 0 saturated carbocycles. The lowest BCUT2D eigenvalue weighted by atomic mass is 10.0. The van der Waals surface area contributed by atoms with Crippen LogP contribution >= 0.6 is 0 Å². The molecule has 0 unspecified atom stereocenters. The van der Waals surface area contributed by atoms with E-state index in [0.29, 0.717) is 63.6 Å². The highest BCUT2D eigenvalue weighted by Gasteiger charge is 2.08. The molecule has 37 heavy (non-hydrogen) atoms. The predicted octanol–water partition coefficient (Wildman–Crippen LogP) is 5.81. The standard InChI is InChI=1S/C15H22O4.C15H22O3/c1-4-18-7-8-19-14(16)6-5-13-9-11(2)15(17)12(3)10-13;1-4-5-8-18-14(16)7-6-13-9-11(2)15(17)12(3)10-13/h9-10,17H,4-8H2,1-3H3;9-10,17H,4-8H2,1-3H3. The first-order valence-corrected chi connectivity index (χ1v) is 13.1. The minimum Gasteiger partial charge on any atom is -0.507 e. The molecular weight excluding hydrogens is 472 g/mol. The molecule has 0 atom stereocenters. The highest BCUT2D eigenvalue weighted by atomic mass is 16.6. The number of aryl methyl sites for hydroxylation is 6. The minimum atomic E-state index is -0.219. The third-order valence-electron chi connectivity index (χ3n) is 5.79. The summed E-state index contributed by atoms with van der Waals surface area (Å²) >= 11 is 0. The van der Waals surface area contributed by atoms with Gasteiger partial charge in [0.25, 0.3) is 0 Å². The van der Waals surface area contributed by atoms with E-state index < -0.39 is 0 Å². The van der Waals surface area contributed by atoms with Gasteiger partial charge in [0, 0.05) is 19.4 Å². The number of phenols is 2. The molecule has 0 amide bonds. The quantitative estimate of drug-likeness (QED) is 0.256. The third kappa shape index (κ3) is 12.6. The number of carbonyl (C=O) groups is 2. The van der Waals surface area contributed by atoms with Crippen LogP contribution in [0.4, 0.5) is 0 Å². The largest absolute Gasteiger partial charge is 0.507 e. The number of benzene rings is 2. The van der Waals surface area contributed by atoms with Crippen LogP contribution in [0.15, 0.2) is 24.3 Å². The molecule has 2 aromatic rings. The molecule has 2 N–H and O–H groups in total. The number of esters is 2. The molecule has 0 aliphatic heterocycles. The van der Waals surface area contributed by atoms with Gasteiger partial charge in [-0.3, -0.25) is 9.59 Å². The lowest BCUT2D eigenvalue weighted by Crippen LogP contribution is -2.11.